The summed E-state index contributed by atoms with van der Waals surface area (Å²) in [5, 5.41) is 2.85. The third-order valence-corrected chi connectivity index (χ3v) is 3.25. The van der Waals surface area contributed by atoms with Crippen molar-refractivity contribution in [2.45, 2.75) is 6.92 Å². The second kappa shape index (κ2) is 6.85. The summed E-state index contributed by atoms with van der Waals surface area (Å²) < 4.78 is 15.8. The van der Waals surface area contributed by atoms with Crippen molar-refractivity contribution in [3.05, 3.63) is 47.5 Å². The zero-order chi connectivity index (χ0) is 16.1. The molecule has 2 aromatic rings. The predicted molar refractivity (Wildman–Crippen MR) is 85.2 cm³/mol. The van der Waals surface area contributed by atoms with E-state index in [4.69, 9.17) is 14.2 Å². The van der Waals surface area contributed by atoms with Crippen LogP contribution < -0.4 is 19.5 Å². The van der Waals surface area contributed by atoms with E-state index >= 15 is 0 Å². The number of nitrogens with one attached hydrogen (secondary N) is 1. The molecule has 0 saturated heterocycles. The third-order valence-electron chi connectivity index (χ3n) is 3.25. The number of hydrogen-bond acceptors (Lipinski definition) is 4. The molecule has 1 amide bonds. The number of rotatable bonds is 5. The average Bonchev–Trinajstić information content (AvgIpc) is 2.54. The molecule has 5 heteroatoms. The molecule has 0 heterocycles. The fourth-order valence-corrected chi connectivity index (χ4v) is 2.18. The molecule has 0 unspecified atom stereocenters. The number of para-hydroxylation sites is 1. The lowest BCUT2D eigenvalue weighted by atomic mass is 10.1. The van der Waals surface area contributed by atoms with Gasteiger partial charge in [-0.3, -0.25) is 4.79 Å². The van der Waals surface area contributed by atoms with E-state index in [-0.39, 0.29) is 5.91 Å². The Hall–Kier alpha value is -2.69. The minimum Gasteiger partial charge on any atom is -0.495 e. The van der Waals surface area contributed by atoms with E-state index in [1.165, 1.54) is 14.2 Å². The van der Waals surface area contributed by atoms with Crippen molar-refractivity contribution < 1.29 is 19.0 Å². The largest absolute Gasteiger partial charge is 0.495 e. The molecule has 22 heavy (non-hydrogen) atoms. The van der Waals surface area contributed by atoms with Crippen LogP contribution in [0.2, 0.25) is 0 Å². The summed E-state index contributed by atoms with van der Waals surface area (Å²) in [6.45, 7) is 1.95. The van der Waals surface area contributed by atoms with Crippen LogP contribution in [0.5, 0.6) is 17.2 Å². The Labute approximate surface area is 129 Å². The quantitative estimate of drug-likeness (QED) is 0.921. The van der Waals surface area contributed by atoms with E-state index in [2.05, 4.69) is 5.32 Å². The number of methoxy groups -OCH3 is 3. The maximum absolute atomic E-state index is 12.5. The van der Waals surface area contributed by atoms with Crippen LogP contribution in [-0.2, 0) is 0 Å². The van der Waals surface area contributed by atoms with Crippen molar-refractivity contribution in [1.82, 2.24) is 0 Å². The van der Waals surface area contributed by atoms with Gasteiger partial charge in [-0.05, 0) is 36.8 Å². The zero-order valence-corrected chi connectivity index (χ0v) is 13.1. The summed E-state index contributed by atoms with van der Waals surface area (Å²) in [5.74, 6) is 1.21. The van der Waals surface area contributed by atoms with Crippen LogP contribution in [0.25, 0.3) is 0 Å². The van der Waals surface area contributed by atoms with Crippen molar-refractivity contribution in [3.8, 4) is 17.2 Å². The molecule has 2 rings (SSSR count). The van der Waals surface area contributed by atoms with E-state index < -0.39 is 0 Å². The SMILES string of the molecule is COc1ccc(C)cc1NC(=O)c1cccc(OC)c1OC. The molecule has 0 fully saturated rings. The molecule has 0 saturated carbocycles. The smallest absolute Gasteiger partial charge is 0.259 e. The summed E-state index contributed by atoms with van der Waals surface area (Å²) in [5.41, 5.74) is 2.02. The number of hydrogen-bond donors (Lipinski definition) is 1. The van der Waals surface area contributed by atoms with Crippen LogP contribution >= 0.6 is 0 Å². The average molecular weight is 301 g/mol. The van der Waals surface area contributed by atoms with Gasteiger partial charge in [0, 0.05) is 0 Å². The van der Waals surface area contributed by atoms with Gasteiger partial charge in [-0.25, -0.2) is 0 Å². The number of ether oxygens (including phenoxy) is 3. The number of carbonyl (C=O) groups excluding carboxylic acids is 1. The first-order valence-corrected chi connectivity index (χ1v) is 6.77. The van der Waals surface area contributed by atoms with Crippen LogP contribution in [-0.4, -0.2) is 27.2 Å². The Balaban J connectivity index is 2.36. The van der Waals surface area contributed by atoms with Gasteiger partial charge in [0.25, 0.3) is 5.91 Å². The monoisotopic (exact) mass is 301 g/mol. The van der Waals surface area contributed by atoms with Gasteiger partial charge < -0.3 is 19.5 Å². The molecule has 0 aliphatic carbocycles. The molecule has 1 N–H and O–H groups in total. The van der Waals surface area contributed by atoms with Crippen molar-refractivity contribution >= 4 is 11.6 Å². The van der Waals surface area contributed by atoms with Gasteiger partial charge in [0.2, 0.25) is 0 Å². The van der Waals surface area contributed by atoms with Crippen LogP contribution in [0, 0.1) is 6.92 Å². The van der Waals surface area contributed by atoms with Crippen molar-refractivity contribution in [2.75, 3.05) is 26.6 Å². The minimum absolute atomic E-state index is 0.292. The molecule has 0 aliphatic heterocycles. The van der Waals surface area contributed by atoms with Gasteiger partial charge in [-0.2, -0.15) is 0 Å². The lowest BCUT2D eigenvalue weighted by Gasteiger charge is -2.14. The third kappa shape index (κ3) is 3.14. The van der Waals surface area contributed by atoms with Crippen molar-refractivity contribution in [1.29, 1.82) is 0 Å². The van der Waals surface area contributed by atoms with Gasteiger partial charge in [0.1, 0.15) is 5.75 Å². The normalized spacial score (nSPS) is 10.0. The van der Waals surface area contributed by atoms with E-state index in [0.29, 0.717) is 28.5 Å². The fourth-order valence-electron chi connectivity index (χ4n) is 2.18. The maximum Gasteiger partial charge on any atom is 0.259 e. The summed E-state index contributed by atoms with van der Waals surface area (Å²) in [6.07, 6.45) is 0. The summed E-state index contributed by atoms with van der Waals surface area (Å²) in [6, 6.07) is 10.7. The number of amides is 1. The lowest BCUT2D eigenvalue weighted by molar-refractivity contribution is 0.102. The molecule has 0 aromatic heterocycles. The minimum atomic E-state index is -0.292. The van der Waals surface area contributed by atoms with Crippen LogP contribution in [0.1, 0.15) is 15.9 Å². The molecule has 0 spiro atoms. The first-order valence-electron chi connectivity index (χ1n) is 6.77. The first kappa shape index (κ1) is 15.7. The molecular formula is C17H19NO4. The molecule has 116 valence electrons. The molecule has 0 aliphatic rings. The van der Waals surface area contributed by atoms with Crippen LogP contribution in [0.3, 0.4) is 0 Å². The van der Waals surface area contributed by atoms with E-state index in [1.54, 1.807) is 25.3 Å². The summed E-state index contributed by atoms with van der Waals surface area (Å²) >= 11 is 0. The van der Waals surface area contributed by atoms with E-state index in [9.17, 15) is 4.79 Å². The second-order valence-corrected chi connectivity index (χ2v) is 4.70. The predicted octanol–water partition coefficient (Wildman–Crippen LogP) is 3.27. The summed E-state index contributed by atoms with van der Waals surface area (Å²) in [4.78, 5) is 12.5. The Morgan fingerprint density at radius 3 is 2.32 bits per heavy atom. The molecule has 0 atom stereocenters. The highest BCUT2D eigenvalue weighted by Gasteiger charge is 2.17. The highest BCUT2D eigenvalue weighted by Crippen LogP contribution is 2.32. The molecule has 0 radical (unpaired) electrons. The highest BCUT2D eigenvalue weighted by molar-refractivity contribution is 6.07. The van der Waals surface area contributed by atoms with Crippen molar-refractivity contribution in [3.63, 3.8) is 0 Å². The highest BCUT2D eigenvalue weighted by atomic mass is 16.5. The Bertz CT molecular complexity index is 682. The zero-order valence-electron chi connectivity index (χ0n) is 13.1. The molecule has 5 nitrogen and oxygen atoms in total. The fraction of sp³-hybridized carbons (Fsp3) is 0.235. The maximum atomic E-state index is 12.5. The lowest BCUT2D eigenvalue weighted by Crippen LogP contribution is -2.14. The number of carbonyl (C=O) groups is 1. The number of aryl methyl sites for hydroxylation is 1. The standard InChI is InChI=1S/C17H19NO4/c1-11-8-9-14(20-2)13(10-11)18-17(19)12-6-5-7-15(21-3)16(12)22-4/h5-10H,1-4H3,(H,18,19). The van der Waals surface area contributed by atoms with Gasteiger partial charge in [-0.1, -0.05) is 12.1 Å². The van der Waals surface area contributed by atoms with Gasteiger partial charge >= 0.3 is 0 Å². The number of anilines is 1. The Morgan fingerprint density at radius 2 is 1.68 bits per heavy atom. The molecular weight excluding hydrogens is 282 g/mol. The Kier molecular flexibility index (Phi) is 4.88. The van der Waals surface area contributed by atoms with Gasteiger partial charge in [0.15, 0.2) is 11.5 Å². The topological polar surface area (TPSA) is 56.8 Å². The van der Waals surface area contributed by atoms with Gasteiger partial charge in [0.05, 0.1) is 32.6 Å². The number of benzene rings is 2. The van der Waals surface area contributed by atoms with E-state index in [0.717, 1.165) is 5.56 Å². The van der Waals surface area contributed by atoms with Crippen molar-refractivity contribution in [2.24, 2.45) is 0 Å². The molecule has 2 aromatic carbocycles. The molecule has 0 bridgehead atoms. The van der Waals surface area contributed by atoms with E-state index in [1.807, 2.05) is 25.1 Å². The summed E-state index contributed by atoms with van der Waals surface area (Å²) in [7, 11) is 4.59. The van der Waals surface area contributed by atoms with Gasteiger partial charge in [-0.15, -0.1) is 0 Å². The Morgan fingerprint density at radius 1 is 0.955 bits per heavy atom. The van der Waals surface area contributed by atoms with Crippen LogP contribution in [0.4, 0.5) is 5.69 Å². The van der Waals surface area contributed by atoms with Crippen LogP contribution in [0.15, 0.2) is 36.4 Å². The first-order chi connectivity index (χ1) is 10.6. The second-order valence-electron chi connectivity index (χ2n) is 4.70.